The number of anilines is 1. The van der Waals surface area contributed by atoms with Gasteiger partial charge in [-0.2, -0.15) is 8.78 Å². The van der Waals surface area contributed by atoms with Gasteiger partial charge in [-0.1, -0.05) is 12.1 Å². The number of benzene rings is 2. The summed E-state index contributed by atoms with van der Waals surface area (Å²) in [6.45, 7) is -4.56. The van der Waals surface area contributed by atoms with Crippen LogP contribution in [0.1, 0.15) is 10.4 Å². The zero-order chi connectivity index (χ0) is 21.4. The van der Waals surface area contributed by atoms with Crippen LogP contribution in [0.3, 0.4) is 0 Å². The van der Waals surface area contributed by atoms with E-state index in [4.69, 9.17) is 0 Å². The zero-order valence-corrected chi connectivity index (χ0v) is 14.6. The molecule has 0 saturated carbocycles. The molecule has 154 valence electrons. The van der Waals surface area contributed by atoms with Gasteiger partial charge in [-0.25, -0.2) is 8.78 Å². The van der Waals surface area contributed by atoms with E-state index in [9.17, 15) is 31.9 Å². The molecule has 2 N–H and O–H groups in total. The summed E-state index contributed by atoms with van der Waals surface area (Å²) in [5.74, 6) is -5.12. The van der Waals surface area contributed by atoms with E-state index in [1.54, 1.807) is 0 Å². The minimum absolute atomic E-state index is 0.0612. The fraction of sp³-hybridized carbons (Fsp3) is 0.167. The fourth-order valence-electron chi connectivity index (χ4n) is 2.07. The Bertz CT molecular complexity index is 908. The van der Waals surface area contributed by atoms with E-state index >= 15 is 0 Å². The lowest BCUT2D eigenvalue weighted by Crippen LogP contribution is -2.32. The Morgan fingerprint density at radius 3 is 2.45 bits per heavy atom. The minimum Gasteiger partial charge on any atom is -0.454 e. The second-order valence-corrected chi connectivity index (χ2v) is 5.39. The van der Waals surface area contributed by atoms with Gasteiger partial charge in [0.1, 0.15) is 23.9 Å². The van der Waals surface area contributed by atoms with Crippen molar-refractivity contribution in [3.05, 3.63) is 59.7 Å². The highest BCUT2D eigenvalue weighted by molar-refractivity contribution is 5.97. The summed E-state index contributed by atoms with van der Waals surface area (Å²) < 4.78 is 59.8. The van der Waals surface area contributed by atoms with Crippen molar-refractivity contribution in [2.75, 3.05) is 18.5 Å². The number of para-hydroxylation sites is 2. The van der Waals surface area contributed by atoms with Gasteiger partial charge in [-0.05, 0) is 24.3 Å². The van der Waals surface area contributed by atoms with Gasteiger partial charge < -0.3 is 20.1 Å². The predicted octanol–water partition coefficient (Wildman–Crippen LogP) is 2.48. The van der Waals surface area contributed by atoms with E-state index in [0.717, 1.165) is 12.1 Å². The summed E-state index contributed by atoms with van der Waals surface area (Å²) in [5.41, 5.74) is -0.540. The largest absolute Gasteiger partial charge is 0.454 e. The molecule has 0 spiro atoms. The van der Waals surface area contributed by atoms with Crippen LogP contribution in [-0.2, 0) is 14.3 Å². The minimum atomic E-state index is -3.10. The summed E-state index contributed by atoms with van der Waals surface area (Å²) in [5, 5.41) is 4.28. The second kappa shape index (κ2) is 10.1. The number of hydrogen-bond acceptors (Lipinski definition) is 5. The van der Waals surface area contributed by atoms with Crippen molar-refractivity contribution in [3.63, 3.8) is 0 Å². The topological polar surface area (TPSA) is 93.7 Å². The average molecular weight is 414 g/mol. The van der Waals surface area contributed by atoms with Gasteiger partial charge >= 0.3 is 12.6 Å². The molecule has 0 radical (unpaired) electrons. The molecule has 0 aliphatic rings. The van der Waals surface area contributed by atoms with Crippen molar-refractivity contribution < 1.29 is 41.4 Å². The first-order valence-electron chi connectivity index (χ1n) is 7.99. The van der Waals surface area contributed by atoms with Gasteiger partial charge in [0.15, 0.2) is 6.61 Å². The number of ether oxygens (including phenoxy) is 2. The highest BCUT2D eigenvalue weighted by Gasteiger charge is 2.16. The third-order valence-corrected chi connectivity index (χ3v) is 3.31. The Balaban J connectivity index is 1.80. The van der Waals surface area contributed by atoms with Crippen LogP contribution in [0.4, 0.5) is 23.2 Å². The molecule has 2 aromatic carbocycles. The number of halogens is 4. The molecule has 0 aromatic heterocycles. The fourth-order valence-corrected chi connectivity index (χ4v) is 2.07. The van der Waals surface area contributed by atoms with Crippen LogP contribution in [0.5, 0.6) is 5.75 Å². The van der Waals surface area contributed by atoms with Gasteiger partial charge in [0, 0.05) is 6.07 Å². The number of carbonyl (C=O) groups is 3. The summed E-state index contributed by atoms with van der Waals surface area (Å²) in [7, 11) is 0. The normalized spacial score (nSPS) is 10.4. The number of carbonyl (C=O) groups excluding carboxylic acids is 3. The van der Waals surface area contributed by atoms with Crippen molar-refractivity contribution in [1.29, 1.82) is 0 Å². The average Bonchev–Trinajstić information content (AvgIpc) is 2.65. The Labute approximate surface area is 161 Å². The highest BCUT2D eigenvalue weighted by Crippen LogP contribution is 2.25. The van der Waals surface area contributed by atoms with Crippen LogP contribution in [-0.4, -0.2) is 37.5 Å². The smallest absolute Gasteiger partial charge is 0.387 e. The Morgan fingerprint density at radius 2 is 1.76 bits per heavy atom. The maximum absolute atomic E-state index is 13.5. The summed E-state index contributed by atoms with van der Waals surface area (Å²) >= 11 is 0. The molecule has 2 amide bonds. The second-order valence-electron chi connectivity index (χ2n) is 5.39. The van der Waals surface area contributed by atoms with Crippen molar-refractivity contribution in [2.45, 2.75) is 6.61 Å². The number of hydrogen-bond donors (Lipinski definition) is 2. The Morgan fingerprint density at radius 1 is 1.03 bits per heavy atom. The summed E-state index contributed by atoms with van der Waals surface area (Å²) in [6.07, 6.45) is 0. The molecule has 2 rings (SSSR count). The summed E-state index contributed by atoms with van der Waals surface area (Å²) in [4.78, 5) is 35.1. The molecule has 0 saturated heterocycles. The van der Waals surface area contributed by atoms with Crippen LogP contribution in [0.2, 0.25) is 0 Å². The quantitative estimate of drug-likeness (QED) is 0.511. The molecular formula is C18H14F4N2O5. The van der Waals surface area contributed by atoms with Crippen LogP contribution in [0.15, 0.2) is 42.5 Å². The lowest BCUT2D eigenvalue weighted by Gasteiger charge is -2.12. The maximum Gasteiger partial charge on any atom is 0.387 e. The van der Waals surface area contributed by atoms with Gasteiger partial charge in [0.05, 0.1) is 11.3 Å². The predicted molar refractivity (Wildman–Crippen MR) is 91.4 cm³/mol. The highest BCUT2D eigenvalue weighted by atomic mass is 19.3. The number of rotatable bonds is 8. The monoisotopic (exact) mass is 414 g/mol. The molecular weight excluding hydrogens is 400 g/mol. The van der Waals surface area contributed by atoms with Gasteiger partial charge in [0.2, 0.25) is 0 Å². The molecule has 0 heterocycles. The van der Waals surface area contributed by atoms with Crippen LogP contribution >= 0.6 is 0 Å². The third-order valence-electron chi connectivity index (χ3n) is 3.31. The maximum atomic E-state index is 13.5. The number of alkyl halides is 2. The van der Waals surface area contributed by atoms with E-state index in [-0.39, 0.29) is 11.4 Å². The van der Waals surface area contributed by atoms with Gasteiger partial charge in [-0.3, -0.25) is 14.4 Å². The van der Waals surface area contributed by atoms with Gasteiger partial charge in [-0.15, -0.1) is 0 Å². The molecule has 0 bridgehead atoms. The van der Waals surface area contributed by atoms with Crippen molar-refractivity contribution in [1.82, 2.24) is 5.32 Å². The molecule has 0 atom stereocenters. The van der Waals surface area contributed by atoms with E-state index in [2.05, 4.69) is 20.1 Å². The molecule has 7 nitrogen and oxygen atoms in total. The van der Waals surface area contributed by atoms with Gasteiger partial charge in [0.25, 0.3) is 11.8 Å². The molecule has 11 heteroatoms. The zero-order valence-electron chi connectivity index (χ0n) is 14.6. The first-order chi connectivity index (χ1) is 13.8. The Hall–Kier alpha value is -3.63. The van der Waals surface area contributed by atoms with Crippen molar-refractivity contribution in [3.8, 4) is 5.75 Å². The number of amides is 2. The molecule has 0 aliphatic heterocycles. The SMILES string of the molecule is O=C(COC(=O)CNC(=O)c1ccc(F)cc1F)Nc1ccccc1OC(F)F. The van der Waals surface area contributed by atoms with Crippen LogP contribution in [0.25, 0.3) is 0 Å². The van der Waals surface area contributed by atoms with Crippen LogP contribution in [0, 0.1) is 11.6 Å². The molecule has 29 heavy (non-hydrogen) atoms. The molecule has 2 aromatic rings. The van der Waals surface area contributed by atoms with E-state index < -0.39 is 54.7 Å². The number of esters is 1. The first kappa shape index (κ1) is 21.7. The van der Waals surface area contributed by atoms with E-state index in [1.807, 2.05) is 0 Å². The third kappa shape index (κ3) is 6.79. The molecule has 0 aliphatic carbocycles. The van der Waals surface area contributed by atoms with E-state index in [1.165, 1.54) is 24.3 Å². The summed E-state index contributed by atoms with van der Waals surface area (Å²) in [6, 6.07) is 7.66. The molecule has 0 unspecified atom stereocenters. The van der Waals surface area contributed by atoms with Crippen molar-refractivity contribution >= 4 is 23.5 Å². The standard InChI is InChI=1S/C18H14F4N2O5/c19-10-5-6-11(12(20)7-10)17(27)23-8-16(26)28-9-15(25)24-13-3-1-2-4-14(13)29-18(21)22/h1-7,18H,8-9H2,(H,23,27)(H,24,25). The van der Waals surface area contributed by atoms with Crippen LogP contribution < -0.4 is 15.4 Å². The lowest BCUT2D eigenvalue weighted by atomic mass is 10.2. The van der Waals surface area contributed by atoms with Crippen molar-refractivity contribution in [2.24, 2.45) is 0 Å². The first-order valence-corrected chi connectivity index (χ1v) is 7.99. The van der Waals surface area contributed by atoms with E-state index in [0.29, 0.717) is 6.07 Å². The Kier molecular flexibility index (Phi) is 7.52. The lowest BCUT2D eigenvalue weighted by molar-refractivity contribution is -0.146. The number of nitrogens with one attached hydrogen (secondary N) is 2. The molecule has 0 fully saturated rings.